The van der Waals surface area contributed by atoms with Crippen LogP contribution in [-0.2, 0) is 9.53 Å². The van der Waals surface area contributed by atoms with Crippen molar-refractivity contribution < 1.29 is 15.0 Å². The van der Waals surface area contributed by atoms with E-state index in [1.54, 1.807) is 0 Å². The molecule has 0 bridgehead atoms. The maximum absolute atomic E-state index is 12.0. The Balaban J connectivity index is 0.000000318. The summed E-state index contributed by atoms with van der Waals surface area (Å²) < 4.78 is 5.68. The molecule has 3 aliphatic rings. The molecule has 0 aromatic heterocycles. The molecular formula is C23H44O3. The van der Waals surface area contributed by atoms with E-state index in [1.807, 2.05) is 0 Å². The summed E-state index contributed by atoms with van der Waals surface area (Å²) in [5, 5.41) is 0. The molecular weight excluding hydrogens is 324 g/mol. The Morgan fingerprint density at radius 3 is 1.27 bits per heavy atom. The summed E-state index contributed by atoms with van der Waals surface area (Å²) in [6, 6.07) is 0. The average Bonchev–Trinajstić information content (AvgIpc) is 2.61. The van der Waals surface area contributed by atoms with Gasteiger partial charge >= 0.3 is 5.97 Å². The molecule has 26 heavy (non-hydrogen) atoms. The first-order chi connectivity index (χ1) is 11.9. The number of ether oxygens (including phenoxy) is 1. The molecule has 0 amide bonds. The van der Waals surface area contributed by atoms with Crippen LogP contribution in [0.15, 0.2) is 0 Å². The minimum absolute atomic E-state index is 0. The second kappa shape index (κ2) is 12.0. The van der Waals surface area contributed by atoms with Crippen LogP contribution in [0.4, 0.5) is 0 Å². The number of hydrogen-bond donors (Lipinski definition) is 0. The summed E-state index contributed by atoms with van der Waals surface area (Å²) in [4.78, 5) is 12.0. The van der Waals surface area contributed by atoms with E-state index in [0.717, 1.165) is 49.4 Å². The quantitative estimate of drug-likeness (QED) is 0.566. The molecule has 0 heterocycles. The minimum atomic E-state index is 0. The number of carbonyl (C=O) groups is 1. The van der Waals surface area contributed by atoms with Crippen molar-refractivity contribution in [1.29, 1.82) is 0 Å². The van der Waals surface area contributed by atoms with E-state index in [9.17, 15) is 4.79 Å². The highest BCUT2D eigenvalue weighted by Crippen LogP contribution is 2.31. The zero-order valence-electron chi connectivity index (χ0n) is 17.8. The van der Waals surface area contributed by atoms with Crippen LogP contribution in [0.25, 0.3) is 0 Å². The van der Waals surface area contributed by atoms with Crippen LogP contribution >= 0.6 is 0 Å². The molecule has 2 N–H and O–H groups in total. The van der Waals surface area contributed by atoms with Crippen molar-refractivity contribution >= 4 is 5.97 Å². The topological polar surface area (TPSA) is 57.8 Å². The lowest BCUT2D eigenvalue weighted by Gasteiger charge is -2.29. The summed E-state index contributed by atoms with van der Waals surface area (Å²) in [6.07, 6.45) is 15.2. The molecule has 0 atom stereocenters. The Morgan fingerprint density at radius 2 is 0.885 bits per heavy atom. The molecule has 0 aromatic carbocycles. The van der Waals surface area contributed by atoms with Crippen molar-refractivity contribution in [2.45, 2.75) is 111 Å². The van der Waals surface area contributed by atoms with Crippen molar-refractivity contribution in [2.75, 3.05) is 0 Å². The Hall–Kier alpha value is -0.570. The van der Waals surface area contributed by atoms with E-state index in [-0.39, 0.29) is 23.5 Å². The van der Waals surface area contributed by atoms with Gasteiger partial charge in [0, 0.05) is 0 Å². The van der Waals surface area contributed by atoms with Gasteiger partial charge in [0.15, 0.2) is 0 Å². The number of carbonyl (C=O) groups excluding carboxylic acids is 1. The van der Waals surface area contributed by atoms with E-state index >= 15 is 0 Å². The van der Waals surface area contributed by atoms with Gasteiger partial charge in [0.05, 0.1) is 5.92 Å². The van der Waals surface area contributed by atoms with Gasteiger partial charge in [-0.3, -0.25) is 4.79 Å². The zero-order valence-corrected chi connectivity index (χ0v) is 17.8. The zero-order chi connectivity index (χ0) is 18.2. The number of rotatable bonds is 2. The van der Waals surface area contributed by atoms with Gasteiger partial charge in [-0.1, -0.05) is 53.4 Å². The number of hydrogen-bond acceptors (Lipinski definition) is 2. The fourth-order valence-electron chi connectivity index (χ4n) is 4.53. The molecule has 3 nitrogen and oxygen atoms in total. The van der Waals surface area contributed by atoms with Crippen molar-refractivity contribution in [1.82, 2.24) is 0 Å². The maximum Gasteiger partial charge on any atom is 0.309 e. The van der Waals surface area contributed by atoms with Gasteiger partial charge < -0.3 is 10.2 Å². The molecule has 3 rings (SSSR count). The van der Waals surface area contributed by atoms with Crippen molar-refractivity contribution in [2.24, 2.45) is 29.6 Å². The molecule has 0 aliphatic heterocycles. The predicted molar refractivity (Wildman–Crippen MR) is 109 cm³/mol. The molecule has 3 heteroatoms. The molecule has 0 unspecified atom stereocenters. The van der Waals surface area contributed by atoms with Gasteiger partial charge in [-0.15, -0.1) is 0 Å². The lowest BCUT2D eigenvalue weighted by Crippen LogP contribution is -2.29. The summed E-state index contributed by atoms with van der Waals surface area (Å²) in [5.41, 5.74) is 0. The van der Waals surface area contributed by atoms with Gasteiger partial charge in [-0.2, -0.15) is 0 Å². The fourth-order valence-corrected chi connectivity index (χ4v) is 4.53. The van der Waals surface area contributed by atoms with Crippen molar-refractivity contribution in [3.63, 3.8) is 0 Å². The third-order valence-corrected chi connectivity index (χ3v) is 6.90. The van der Waals surface area contributed by atoms with E-state index in [1.165, 1.54) is 51.4 Å². The van der Waals surface area contributed by atoms with E-state index in [4.69, 9.17) is 4.74 Å². The normalized spacial score (nSPS) is 37.5. The molecule has 154 valence electrons. The highest BCUT2D eigenvalue weighted by molar-refractivity contribution is 5.72. The summed E-state index contributed by atoms with van der Waals surface area (Å²) in [6.45, 7) is 9.31. The molecule has 3 fully saturated rings. The van der Waals surface area contributed by atoms with Crippen LogP contribution in [0.5, 0.6) is 0 Å². The second-order valence-corrected chi connectivity index (χ2v) is 9.64. The Morgan fingerprint density at radius 1 is 0.577 bits per heavy atom. The first kappa shape index (κ1) is 23.5. The Labute approximate surface area is 162 Å². The van der Waals surface area contributed by atoms with Crippen LogP contribution in [0.2, 0.25) is 0 Å². The van der Waals surface area contributed by atoms with Crippen LogP contribution in [-0.4, -0.2) is 17.5 Å². The van der Waals surface area contributed by atoms with E-state index in [2.05, 4.69) is 27.7 Å². The van der Waals surface area contributed by atoms with Crippen LogP contribution in [0.3, 0.4) is 0 Å². The summed E-state index contributed by atoms with van der Waals surface area (Å²) in [7, 11) is 0. The monoisotopic (exact) mass is 368 g/mol. The minimum Gasteiger partial charge on any atom is -0.462 e. The first-order valence-electron chi connectivity index (χ1n) is 11.1. The molecule has 0 spiro atoms. The number of esters is 1. The highest BCUT2D eigenvalue weighted by atomic mass is 16.5. The second-order valence-electron chi connectivity index (χ2n) is 9.64. The smallest absolute Gasteiger partial charge is 0.309 e. The van der Waals surface area contributed by atoms with Gasteiger partial charge in [0.1, 0.15) is 6.10 Å². The van der Waals surface area contributed by atoms with Gasteiger partial charge in [-0.05, 0) is 75.0 Å². The third-order valence-electron chi connectivity index (χ3n) is 6.90. The largest absolute Gasteiger partial charge is 0.462 e. The third kappa shape index (κ3) is 8.41. The molecule has 0 saturated heterocycles. The molecule has 0 aromatic rings. The predicted octanol–water partition coefficient (Wildman–Crippen LogP) is 5.94. The lowest BCUT2D eigenvalue weighted by molar-refractivity contribution is -0.157. The summed E-state index contributed by atoms with van der Waals surface area (Å²) in [5.74, 6) is 3.95. The van der Waals surface area contributed by atoms with Crippen molar-refractivity contribution in [3.8, 4) is 0 Å². The molecule has 3 aliphatic carbocycles. The summed E-state index contributed by atoms with van der Waals surface area (Å²) >= 11 is 0. The maximum atomic E-state index is 12.0. The van der Waals surface area contributed by atoms with E-state index < -0.39 is 0 Å². The SMILES string of the molecule is CC1CCC(C)CC1.CC1CCC(OC(=O)C2CCC(C)CC2)CC1.O. The van der Waals surface area contributed by atoms with Gasteiger partial charge in [0.2, 0.25) is 0 Å². The van der Waals surface area contributed by atoms with Crippen molar-refractivity contribution in [3.05, 3.63) is 0 Å². The van der Waals surface area contributed by atoms with E-state index in [0.29, 0.717) is 0 Å². The van der Waals surface area contributed by atoms with Gasteiger partial charge in [0.25, 0.3) is 0 Å². The fraction of sp³-hybridized carbons (Fsp3) is 0.957. The van der Waals surface area contributed by atoms with Crippen LogP contribution in [0, 0.1) is 29.6 Å². The highest BCUT2D eigenvalue weighted by Gasteiger charge is 2.28. The Kier molecular flexibility index (Phi) is 10.8. The Bertz CT molecular complexity index is 361. The standard InChI is InChI=1S/C15H26O2.C8H16.H2O/c1-11-3-7-13(8-4-11)15(16)17-14-9-5-12(2)6-10-14;1-7-3-5-8(2)6-4-7;/h11-14H,3-10H2,1-2H3;7-8H,3-6H2,1-2H3;1H2. The first-order valence-corrected chi connectivity index (χ1v) is 11.1. The molecule has 3 saturated carbocycles. The van der Waals surface area contributed by atoms with Gasteiger partial charge in [-0.25, -0.2) is 0 Å². The average molecular weight is 369 g/mol. The lowest BCUT2D eigenvalue weighted by atomic mass is 9.83. The molecule has 0 radical (unpaired) electrons. The van der Waals surface area contributed by atoms with Crippen LogP contribution in [0.1, 0.15) is 105 Å². The van der Waals surface area contributed by atoms with Crippen LogP contribution < -0.4 is 0 Å².